The Labute approximate surface area is 142 Å². The molecule has 1 fully saturated rings. The molecule has 116 valence electrons. The molecular weight excluding hydrogens is 381 g/mol. The van der Waals surface area contributed by atoms with E-state index in [-0.39, 0.29) is 24.0 Å². The minimum absolute atomic E-state index is 0. The zero-order valence-corrected chi connectivity index (χ0v) is 14.4. The highest BCUT2D eigenvalue weighted by Crippen LogP contribution is 2.32. The van der Waals surface area contributed by atoms with Crippen molar-refractivity contribution < 1.29 is 9.47 Å². The monoisotopic (exact) mass is 403 g/mol. The van der Waals surface area contributed by atoms with Crippen molar-refractivity contribution in [3.63, 3.8) is 0 Å². The van der Waals surface area contributed by atoms with Gasteiger partial charge in [0.1, 0.15) is 0 Å². The lowest BCUT2D eigenvalue weighted by Crippen LogP contribution is -2.41. The van der Waals surface area contributed by atoms with Gasteiger partial charge in [-0.1, -0.05) is 6.07 Å². The first-order chi connectivity index (χ1) is 9.83. The van der Waals surface area contributed by atoms with Crippen LogP contribution in [0.25, 0.3) is 0 Å². The highest BCUT2D eigenvalue weighted by Gasteiger charge is 2.13. The Bertz CT molecular complexity index is 502. The van der Waals surface area contributed by atoms with Crippen molar-refractivity contribution in [3.8, 4) is 11.5 Å². The van der Waals surface area contributed by atoms with Crippen molar-refractivity contribution in [2.24, 2.45) is 10.7 Å². The van der Waals surface area contributed by atoms with Crippen LogP contribution in [0.4, 0.5) is 0 Å². The van der Waals surface area contributed by atoms with E-state index >= 15 is 0 Å². The minimum atomic E-state index is 0. The standard InChI is InChI=1S/C15H21N3O2.HI/c16-15(18-8-2-1-3-9-18)17-7-6-12-4-5-13-14(10-12)20-11-19-13;/h4-5,10H,1-3,6-9,11H2,(H2,16,17);1H. The van der Waals surface area contributed by atoms with Gasteiger partial charge >= 0.3 is 0 Å². The van der Waals surface area contributed by atoms with Crippen molar-refractivity contribution in [1.82, 2.24) is 4.90 Å². The number of ether oxygens (including phenoxy) is 2. The van der Waals surface area contributed by atoms with Crippen LogP contribution in [0.15, 0.2) is 23.2 Å². The van der Waals surface area contributed by atoms with Gasteiger partial charge in [0.15, 0.2) is 17.5 Å². The van der Waals surface area contributed by atoms with Gasteiger partial charge in [-0.25, -0.2) is 0 Å². The van der Waals surface area contributed by atoms with E-state index in [0.29, 0.717) is 19.3 Å². The Morgan fingerprint density at radius 2 is 1.90 bits per heavy atom. The second-order valence-electron chi connectivity index (χ2n) is 5.23. The molecule has 0 amide bonds. The van der Waals surface area contributed by atoms with Crippen LogP contribution in [-0.2, 0) is 6.42 Å². The summed E-state index contributed by atoms with van der Waals surface area (Å²) in [5.74, 6) is 2.34. The average Bonchev–Trinajstić information content (AvgIpc) is 2.95. The second-order valence-corrected chi connectivity index (χ2v) is 5.23. The van der Waals surface area contributed by atoms with Crippen LogP contribution in [0.1, 0.15) is 24.8 Å². The molecular formula is C15H22IN3O2. The molecule has 5 nitrogen and oxygen atoms in total. The fourth-order valence-corrected chi connectivity index (χ4v) is 2.62. The van der Waals surface area contributed by atoms with E-state index in [4.69, 9.17) is 15.2 Å². The molecule has 2 N–H and O–H groups in total. The lowest BCUT2D eigenvalue weighted by atomic mass is 10.1. The number of benzene rings is 1. The Morgan fingerprint density at radius 3 is 2.71 bits per heavy atom. The number of nitrogens with zero attached hydrogens (tertiary/aromatic N) is 2. The van der Waals surface area contributed by atoms with Crippen LogP contribution in [0.2, 0.25) is 0 Å². The number of piperidine rings is 1. The summed E-state index contributed by atoms with van der Waals surface area (Å²) in [6.45, 7) is 3.11. The van der Waals surface area contributed by atoms with Crippen LogP contribution in [-0.4, -0.2) is 37.3 Å². The van der Waals surface area contributed by atoms with E-state index in [2.05, 4.69) is 16.0 Å². The van der Waals surface area contributed by atoms with E-state index in [9.17, 15) is 0 Å². The van der Waals surface area contributed by atoms with E-state index in [1.54, 1.807) is 0 Å². The summed E-state index contributed by atoms with van der Waals surface area (Å²) < 4.78 is 10.7. The van der Waals surface area contributed by atoms with Gasteiger partial charge in [0.2, 0.25) is 6.79 Å². The number of nitrogens with two attached hydrogens (primary N) is 1. The SMILES string of the molecule is I.NC(=NCCc1ccc2c(c1)OCO2)N1CCCCC1. The maximum atomic E-state index is 6.03. The zero-order chi connectivity index (χ0) is 13.8. The Morgan fingerprint density at radius 1 is 1.14 bits per heavy atom. The summed E-state index contributed by atoms with van der Waals surface area (Å²) >= 11 is 0. The van der Waals surface area contributed by atoms with Crippen molar-refractivity contribution in [2.45, 2.75) is 25.7 Å². The lowest BCUT2D eigenvalue weighted by Gasteiger charge is -2.27. The average molecular weight is 403 g/mol. The Balaban J connectivity index is 0.00000161. The lowest BCUT2D eigenvalue weighted by molar-refractivity contribution is 0.174. The first-order valence-corrected chi connectivity index (χ1v) is 7.26. The molecule has 0 saturated carbocycles. The Kier molecular flexibility index (Phi) is 5.96. The zero-order valence-electron chi connectivity index (χ0n) is 12.1. The maximum absolute atomic E-state index is 6.03. The largest absolute Gasteiger partial charge is 0.454 e. The third-order valence-electron chi connectivity index (χ3n) is 3.79. The van der Waals surface area contributed by atoms with Crippen LogP contribution in [0.5, 0.6) is 11.5 Å². The summed E-state index contributed by atoms with van der Waals surface area (Å²) in [4.78, 5) is 6.67. The van der Waals surface area contributed by atoms with E-state index < -0.39 is 0 Å². The maximum Gasteiger partial charge on any atom is 0.231 e. The fourth-order valence-electron chi connectivity index (χ4n) is 2.62. The molecule has 2 heterocycles. The molecule has 1 saturated heterocycles. The molecule has 0 atom stereocenters. The number of hydrogen-bond acceptors (Lipinski definition) is 3. The van der Waals surface area contributed by atoms with Gasteiger partial charge in [0.05, 0.1) is 0 Å². The summed E-state index contributed by atoms with van der Waals surface area (Å²) in [7, 11) is 0. The number of hydrogen-bond donors (Lipinski definition) is 1. The van der Waals surface area contributed by atoms with Crippen molar-refractivity contribution in [3.05, 3.63) is 23.8 Å². The highest BCUT2D eigenvalue weighted by molar-refractivity contribution is 14.0. The van der Waals surface area contributed by atoms with Crippen LogP contribution >= 0.6 is 24.0 Å². The first kappa shape index (κ1) is 16.2. The molecule has 0 bridgehead atoms. The molecule has 0 aliphatic carbocycles. The number of fused-ring (bicyclic) bond motifs is 1. The fraction of sp³-hybridized carbons (Fsp3) is 0.533. The summed E-state index contributed by atoms with van der Waals surface area (Å²) in [5, 5.41) is 0. The predicted molar refractivity (Wildman–Crippen MR) is 93.6 cm³/mol. The molecule has 0 aromatic heterocycles. The smallest absolute Gasteiger partial charge is 0.231 e. The van der Waals surface area contributed by atoms with E-state index in [1.807, 2.05) is 12.1 Å². The quantitative estimate of drug-likeness (QED) is 0.479. The molecule has 2 aliphatic rings. The predicted octanol–water partition coefficient (Wildman–Crippen LogP) is 2.38. The van der Waals surface area contributed by atoms with Gasteiger partial charge in [-0.3, -0.25) is 4.99 Å². The van der Waals surface area contributed by atoms with Crippen molar-refractivity contribution in [1.29, 1.82) is 0 Å². The van der Waals surface area contributed by atoms with Gasteiger partial charge in [0, 0.05) is 19.6 Å². The number of rotatable bonds is 3. The molecule has 0 radical (unpaired) electrons. The van der Waals surface area contributed by atoms with E-state index in [0.717, 1.165) is 31.0 Å². The summed E-state index contributed by atoms with van der Waals surface area (Å²) in [5.41, 5.74) is 7.23. The van der Waals surface area contributed by atoms with Crippen molar-refractivity contribution in [2.75, 3.05) is 26.4 Å². The number of halogens is 1. The molecule has 1 aromatic rings. The molecule has 0 spiro atoms. The van der Waals surface area contributed by atoms with Gasteiger partial charge in [0.25, 0.3) is 0 Å². The van der Waals surface area contributed by atoms with Crippen LogP contribution in [0, 0.1) is 0 Å². The van der Waals surface area contributed by atoms with E-state index in [1.165, 1.54) is 24.8 Å². The van der Waals surface area contributed by atoms with Gasteiger partial charge in [-0.05, 0) is 43.4 Å². The first-order valence-electron chi connectivity index (χ1n) is 7.26. The molecule has 3 rings (SSSR count). The third-order valence-corrected chi connectivity index (χ3v) is 3.79. The topological polar surface area (TPSA) is 60.1 Å². The summed E-state index contributed by atoms with van der Waals surface area (Å²) in [6, 6.07) is 6.03. The number of aliphatic imine (C=N–C) groups is 1. The van der Waals surface area contributed by atoms with Gasteiger partial charge < -0.3 is 20.1 Å². The van der Waals surface area contributed by atoms with Crippen LogP contribution in [0.3, 0.4) is 0 Å². The molecule has 0 unspecified atom stereocenters. The number of guanidine groups is 1. The minimum Gasteiger partial charge on any atom is -0.454 e. The normalized spacial score (nSPS) is 17.5. The summed E-state index contributed by atoms with van der Waals surface area (Å²) in [6.07, 6.45) is 4.61. The highest BCUT2D eigenvalue weighted by atomic mass is 127. The molecule has 21 heavy (non-hydrogen) atoms. The van der Waals surface area contributed by atoms with Crippen LogP contribution < -0.4 is 15.2 Å². The molecule has 2 aliphatic heterocycles. The molecule has 1 aromatic carbocycles. The third kappa shape index (κ3) is 4.15. The second kappa shape index (κ2) is 7.72. The molecule has 6 heteroatoms. The Hall–Kier alpha value is -1.18. The van der Waals surface area contributed by atoms with Gasteiger partial charge in [-0.15, -0.1) is 24.0 Å². The van der Waals surface area contributed by atoms with Crippen molar-refractivity contribution >= 4 is 29.9 Å². The number of likely N-dealkylation sites (tertiary alicyclic amines) is 1. The van der Waals surface area contributed by atoms with Gasteiger partial charge in [-0.2, -0.15) is 0 Å².